The summed E-state index contributed by atoms with van der Waals surface area (Å²) in [5, 5.41) is 0. The normalized spacial score (nSPS) is 20.6. The van der Waals surface area contributed by atoms with Crippen molar-refractivity contribution in [3.05, 3.63) is 16.5 Å². The fourth-order valence-corrected chi connectivity index (χ4v) is 2.48. The first-order valence-electron chi connectivity index (χ1n) is 6.01. The van der Waals surface area contributed by atoms with Gasteiger partial charge in [0.2, 0.25) is 0 Å². The molecule has 2 fully saturated rings. The van der Waals surface area contributed by atoms with Crippen LogP contribution in [0.25, 0.3) is 0 Å². The van der Waals surface area contributed by atoms with Gasteiger partial charge in [0.15, 0.2) is 0 Å². The van der Waals surface area contributed by atoms with E-state index in [0.717, 1.165) is 16.2 Å². The number of anilines is 1. The van der Waals surface area contributed by atoms with Gasteiger partial charge < -0.3 is 4.90 Å². The first-order chi connectivity index (χ1) is 7.74. The lowest BCUT2D eigenvalue weighted by Gasteiger charge is -2.35. The molecule has 2 saturated carbocycles. The van der Waals surface area contributed by atoms with Crippen molar-refractivity contribution in [2.24, 2.45) is 0 Å². The predicted octanol–water partition coefficient (Wildman–Crippen LogP) is 3.11. The Labute approximate surface area is 104 Å². The third kappa shape index (κ3) is 1.95. The van der Waals surface area contributed by atoms with Crippen molar-refractivity contribution in [2.75, 3.05) is 11.9 Å². The monoisotopic (exact) mass is 281 g/mol. The van der Waals surface area contributed by atoms with Crippen LogP contribution in [0.4, 0.5) is 5.82 Å². The second-order valence-electron chi connectivity index (χ2n) is 4.88. The summed E-state index contributed by atoms with van der Waals surface area (Å²) in [5.74, 6) is 2.72. The second-order valence-corrected chi connectivity index (χ2v) is 5.69. The molecule has 0 saturated heterocycles. The molecule has 0 N–H and O–H groups in total. The van der Waals surface area contributed by atoms with E-state index in [1.165, 1.54) is 32.1 Å². The number of nitrogens with zero attached hydrogens (tertiary/aromatic N) is 3. The maximum Gasteiger partial charge on any atom is 0.135 e. The van der Waals surface area contributed by atoms with Crippen LogP contribution in [0.1, 0.15) is 43.8 Å². The van der Waals surface area contributed by atoms with Crippen molar-refractivity contribution in [1.82, 2.24) is 9.97 Å². The Morgan fingerprint density at radius 1 is 1.25 bits per heavy atom. The largest absolute Gasteiger partial charge is 0.357 e. The lowest BCUT2D eigenvalue weighted by molar-refractivity contribution is 0.399. The minimum absolute atomic E-state index is 0.617. The average molecular weight is 282 g/mol. The molecule has 3 nitrogen and oxygen atoms in total. The Kier molecular flexibility index (Phi) is 2.62. The van der Waals surface area contributed by atoms with E-state index < -0.39 is 0 Å². The van der Waals surface area contributed by atoms with Gasteiger partial charge in [-0.1, -0.05) is 0 Å². The summed E-state index contributed by atoms with van der Waals surface area (Å²) in [6.45, 7) is 0. The molecule has 1 heterocycles. The molecule has 2 aliphatic carbocycles. The van der Waals surface area contributed by atoms with E-state index in [1.54, 1.807) is 0 Å². The smallest absolute Gasteiger partial charge is 0.135 e. The van der Waals surface area contributed by atoms with Crippen molar-refractivity contribution < 1.29 is 0 Å². The van der Waals surface area contributed by atoms with Crippen LogP contribution in [0.2, 0.25) is 0 Å². The van der Waals surface area contributed by atoms with Gasteiger partial charge in [-0.2, -0.15) is 0 Å². The van der Waals surface area contributed by atoms with Crippen LogP contribution in [0.3, 0.4) is 0 Å². The summed E-state index contributed by atoms with van der Waals surface area (Å²) >= 11 is 3.49. The van der Waals surface area contributed by atoms with E-state index in [1.807, 2.05) is 6.07 Å². The van der Waals surface area contributed by atoms with E-state index in [9.17, 15) is 0 Å². The van der Waals surface area contributed by atoms with Crippen molar-refractivity contribution in [2.45, 2.75) is 44.1 Å². The van der Waals surface area contributed by atoms with Gasteiger partial charge in [-0.15, -0.1) is 0 Å². The molecular formula is C12H16BrN3. The Hall–Kier alpha value is -0.640. The zero-order valence-electron chi connectivity index (χ0n) is 9.49. The minimum atomic E-state index is 0.617. The molecule has 4 heteroatoms. The van der Waals surface area contributed by atoms with Crippen LogP contribution in [-0.2, 0) is 0 Å². The molecule has 0 spiro atoms. The number of aromatic nitrogens is 2. The average Bonchev–Trinajstić information content (AvgIpc) is 2.96. The van der Waals surface area contributed by atoms with Crippen LogP contribution >= 0.6 is 15.9 Å². The van der Waals surface area contributed by atoms with Crippen molar-refractivity contribution in [1.29, 1.82) is 0 Å². The molecular weight excluding hydrogens is 266 g/mol. The van der Waals surface area contributed by atoms with Gasteiger partial charge in [-0.05, 0) is 48.0 Å². The number of halogens is 1. The fraction of sp³-hybridized carbons (Fsp3) is 0.667. The topological polar surface area (TPSA) is 29.0 Å². The molecule has 1 aromatic heterocycles. The molecule has 0 aliphatic heterocycles. The molecule has 0 atom stereocenters. The second kappa shape index (κ2) is 3.99. The maximum atomic E-state index is 4.68. The molecule has 0 aromatic carbocycles. The first kappa shape index (κ1) is 10.5. The Balaban J connectivity index is 1.86. The van der Waals surface area contributed by atoms with Gasteiger partial charge in [-0.25, -0.2) is 9.97 Å². The van der Waals surface area contributed by atoms with Crippen molar-refractivity contribution >= 4 is 21.7 Å². The molecule has 0 amide bonds. The molecule has 3 rings (SSSR count). The molecule has 16 heavy (non-hydrogen) atoms. The quantitative estimate of drug-likeness (QED) is 0.798. The Morgan fingerprint density at radius 3 is 2.56 bits per heavy atom. The van der Waals surface area contributed by atoms with Gasteiger partial charge >= 0.3 is 0 Å². The number of hydrogen-bond donors (Lipinski definition) is 0. The van der Waals surface area contributed by atoms with Gasteiger partial charge in [0.1, 0.15) is 16.2 Å². The highest BCUT2D eigenvalue weighted by Gasteiger charge is 2.29. The SMILES string of the molecule is CN(c1cc(Br)nc(C2CC2)n1)C1CCC1. The summed E-state index contributed by atoms with van der Waals surface area (Å²) in [5.41, 5.74) is 0. The maximum absolute atomic E-state index is 4.68. The molecule has 1 aromatic rings. The van der Waals surface area contributed by atoms with Gasteiger partial charge in [-0.3, -0.25) is 0 Å². The lowest BCUT2D eigenvalue weighted by atomic mass is 9.92. The third-order valence-corrected chi connectivity index (χ3v) is 4.03. The first-order valence-corrected chi connectivity index (χ1v) is 6.80. The van der Waals surface area contributed by atoms with Crippen molar-refractivity contribution in [3.63, 3.8) is 0 Å². The number of rotatable bonds is 3. The zero-order valence-corrected chi connectivity index (χ0v) is 11.1. The minimum Gasteiger partial charge on any atom is -0.357 e. The van der Waals surface area contributed by atoms with E-state index in [-0.39, 0.29) is 0 Å². The highest BCUT2D eigenvalue weighted by atomic mass is 79.9. The van der Waals surface area contributed by atoms with Crippen LogP contribution in [0.5, 0.6) is 0 Å². The van der Waals surface area contributed by atoms with E-state index in [0.29, 0.717) is 12.0 Å². The molecule has 0 unspecified atom stereocenters. The molecule has 0 bridgehead atoms. The summed E-state index contributed by atoms with van der Waals surface area (Å²) in [6.07, 6.45) is 6.47. The lowest BCUT2D eigenvalue weighted by Crippen LogP contribution is -2.37. The van der Waals surface area contributed by atoms with Crippen molar-refractivity contribution in [3.8, 4) is 0 Å². The van der Waals surface area contributed by atoms with E-state index in [2.05, 4.69) is 37.8 Å². The summed E-state index contributed by atoms with van der Waals surface area (Å²) in [4.78, 5) is 11.5. The molecule has 0 radical (unpaired) electrons. The van der Waals surface area contributed by atoms with Gasteiger partial charge in [0, 0.05) is 25.1 Å². The van der Waals surface area contributed by atoms with E-state index >= 15 is 0 Å². The Bertz CT molecular complexity index is 399. The van der Waals surface area contributed by atoms with Crippen LogP contribution in [0.15, 0.2) is 10.7 Å². The zero-order chi connectivity index (χ0) is 11.1. The van der Waals surface area contributed by atoms with Crippen LogP contribution in [-0.4, -0.2) is 23.1 Å². The Morgan fingerprint density at radius 2 is 2.00 bits per heavy atom. The van der Waals surface area contributed by atoms with Crippen LogP contribution in [0, 0.1) is 0 Å². The van der Waals surface area contributed by atoms with Gasteiger partial charge in [0.25, 0.3) is 0 Å². The fourth-order valence-electron chi connectivity index (χ4n) is 2.09. The summed E-state index contributed by atoms with van der Waals surface area (Å²) < 4.78 is 0.922. The predicted molar refractivity (Wildman–Crippen MR) is 67.7 cm³/mol. The highest BCUT2D eigenvalue weighted by molar-refractivity contribution is 9.10. The number of hydrogen-bond acceptors (Lipinski definition) is 3. The molecule has 86 valence electrons. The van der Waals surface area contributed by atoms with E-state index in [4.69, 9.17) is 0 Å². The highest BCUT2D eigenvalue weighted by Crippen LogP contribution is 2.39. The molecule has 2 aliphatic rings. The standard InChI is InChI=1S/C12H16BrN3/c1-16(9-3-2-4-9)11-7-10(13)14-12(15-11)8-5-6-8/h7-9H,2-6H2,1H3. The summed E-state index contributed by atoms with van der Waals surface area (Å²) in [7, 11) is 2.15. The van der Waals surface area contributed by atoms with Gasteiger partial charge in [0.05, 0.1) is 0 Å². The van der Waals surface area contributed by atoms with Crippen LogP contribution < -0.4 is 4.90 Å². The summed E-state index contributed by atoms with van der Waals surface area (Å²) in [6, 6.07) is 2.72. The third-order valence-electron chi connectivity index (χ3n) is 3.62.